The van der Waals surface area contributed by atoms with Crippen molar-refractivity contribution in [3.05, 3.63) is 17.5 Å². The Morgan fingerprint density at radius 1 is 1.62 bits per heavy atom. The van der Waals surface area contributed by atoms with Gasteiger partial charge < -0.3 is 5.32 Å². The molecule has 2 heterocycles. The van der Waals surface area contributed by atoms with E-state index in [1.54, 1.807) is 12.3 Å². The van der Waals surface area contributed by atoms with Gasteiger partial charge in [0, 0.05) is 11.9 Å². The molecule has 1 aliphatic heterocycles. The second kappa shape index (κ2) is 5.70. The second-order valence-electron chi connectivity index (χ2n) is 3.89. The molecule has 0 aliphatic carbocycles. The Bertz CT molecular complexity index is 382. The summed E-state index contributed by atoms with van der Waals surface area (Å²) >= 11 is 5.66. The van der Waals surface area contributed by atoms with E-state index in [4.69, 9.17) is 11.6 Å². The quantitative estimate of drug-likeness (QED) is 0.656. The number of piperidine rings is 1. The minimum Gasteiger partial charge on any atom is -0.316 e. The first-order chi connectivity index (χ1) is 7.75. The molecule has 0 spiro atoms. The smallest absolute Gasteiger partial charge is 0.223 e. The van der Waals surface area contributed by atoms with E-state index in [0.717, 1.165) is 25.9 Å². The van der Waals surface area contributed by atoms with E-state index < -0.39 is 10.8 Å². The lowest BCUT2D eigenvalue weighted by Gasteiger charge is -2.21. The molecule has 1 aliphatic rings. The molecule has 2 atom stereocenters. The van der Waals surface area contributed by atoms with Crippen molar-refractivity contribution in [1.82, 2.24) is 15.3 Å². The minimum absolute atomic E-state index is 0.160. The van der Waals surface area contributed by atoms with Gasteiger partial charge in [0.25, 0.3) is 0 Å². The van der Waals surface area contributed by atoms with Gasteiger partial charge >= 0.3 is 0 Å². The first-order valence-electron chi connectivity index (χ1n) is 5.33. The first kappa shape index (κ1) is 12.0. The van der Waals surface area contributed by atoms with Crippen LogP contribution in [0.4, 0.5) is 0 Å². The van der Waals surface area contributed by atoms with E-state index in [2.05, 4.69) is 15.3 Å². The molecule has 0 radical (unpaired) electrons. The molecule has 0 bridgehead atoms. The third-order valence-corrected chi connectivity index (χ3v) is 4.27. The van der Waals surface area contributed by atoms with Crippen molar-refractivity contribution < 1.29 is 4.21 Å². The summed E-state index contributed by atoms with van der Waals surface area (Å²) in [5.74, 6) is 1.13. The SMILES string of the molecule is O=[S@@](C[C@H]1CCCNC1)c1ccnc(Cl)n1. The highest BCUT2D eigenvalue weighted by Crippen LogP contribution is 2.15. The normalized spacial score (nSPS) is 22.9. The summed E-state index contributed by atoms with van der Waals surface area (Å²) in [5.41, 5.74) is 0. The average molecular weight is 260 g/mol. The van der Waals surface area contributed by atoms with Gasteiger partial charge in [-0.2, -0.15) is 0 Å². The Hall–Kier alpha value is -0.520. The van der Waals surface area contributed by atoms with Crippen LogP contribution >= 0.6 is 11.6 Å². The van der Waals surface area contributed by atoms with E-state index >= 15 is 0 Å². The maximum Gasteiger partial charge on any atom is 0.223 e. The highest BCUT2D eigenvalue weighted by molar-refractivity contribution is 7.84. The van der Waals surface area contributed by atoms with Gasteiger partial charge in [-0.1, -0.05) is 0 Å². The monoisotopic (exact) mass is 259 g/mol. The summed E-state index contributed by atoms with van der Waals surface area (Å²) < 4.78 is 12.0. The van der Waals surface area contributed by atoms with Crippen LogP contribution in [-0.2, 0) is 10.8 Å². The van der Waals surface area contributed by atoms with Crippen LogP contribution in [0.3, 0.4) is 0 Å². The first-order valence-corrected chi connectivity index (χ1v) is 7.03. The van der Waals surface area contributed by atoms with Gasteiger partial charge in [-0.05, 0) is 49.5 Å². The van der Waals surface area contributed by atoms with E-state index in [-0.39, 0.29) is 5.28 Å². The predicted molar refractivity (Wildman–Crippen MR) is 63.9 cm³/mol. The van der Waals surface area contributed by atoms with Gasteiger partial charge in [0.1, 0.15) is 5.03 Å². The summed E-state index contributed by atoms with van der Waals surface area (Å²) in [6.07, 6.45) is 3.84. The highest BCUT2D eigenvalue weighted by Gasteiger charge is 2.17. The molecule has 6 heteroatoms. The number of nitrogens with one attached hydrogen (secondary N) is 1. The maximum absolute atomic E-state index is 12.0. The van der Waals surface area contributed by atoms with Crippen molar-refractivity contribution in [2.45, 2.75) is 17.9 Å². The van der Waals surface area contributed by atoms with Crippen LogP contribution in [0.5, 0.6) is 0 Å². The van der Waals surface area contributed by atoms with Gasteiger partial charge in [0.05, 0.1) is 10.8 Å². The second-order valence-corrected chi connectivity index (χ2v) is 5.67. The van der Waals surface area contributed by atoms with Crippen molar-refractivity contribution in [3.8, 4) is 0 Å². The fourth-order valence-corrected chi connectivity index (χ4v) is 3.29. The van der Waals surface area contributed by atoms with Crippen molar-refractivity contribution >= 4 is 22.4 Å². The third-order valence-electron chi connectivity index (χ3n) is 2.62. The molecule has 1 aromatic rings. The molecule has 2 rings (SSSR count). The lowest BCUT2D eigenvalue weighted by molar-refractivity contribution is 0.408. The summed E-state index contributed by atoms with van der Waals surface area (Å²) in [6.45, 7) is 2.02. The van der Waals surface area contributed by atoms with Crippen LogP contribution in [-0.4, -0.2) is 33.0 Å². The third kappa shape index (κ3) is 3.23. The number of nitrogens with zero attached hydrogens (tertiary/aromatic N) is 2. The van der Waals surface area contributed by atoms with E-state index in [1.807, 2.05) is 0 Å². The zero-order valence-electron chi connectivity index (χ0n) is 8.86. The van der Waals surface area contributed by atoms with Crippen molar-refractivity contribution in [2.75, 3.05) is 18.8 Å². The zero-order valence-corrected chi connectivity index (χ0v) is 10.4. The van der Waals surface area contributed by atoms with Gasteiger partial charge in [-0.15, -0.1) is 0 Å². The summed E-state index contributed by atoms with van der Waals surface area (Å²) in [6, 6.07) is 1.66. The number of hydrogen-bond donors (Lipinski definition) is 1. The highest BCUT2D eigenvalue weighted by atomic mass is 35.5. The molecule has 88 valence electrons. The van der Waals surface area contributed by atoms with E-state index in [1.165, 1.54) is 0 Å². The molecular weight excluding hydrogens is 246 g/mol. The van der Waals surface area contributed by atoms with Crippen LogP contribution in [0.25, 0.3) is 0 Å². The van der Waals surface area contributed by atoms with Crippen LogP contribution in [0.1, 0.15) is 12.8 Å². The molecule has 0 saturated carbocycles. The van der Waals surface area contributed by atoms with Crippen molar-refractivity contribution in [3.63, 3.8) is 0 Å². The number of halogens is 1. The molecule has 1 fully saturated rings. The van der Waals surface area contributed by atoms with Crippen LogP contribution < -0.4 is 5.32 Å². The van der Waals surface area contributed by atoms with Crippen LogP contribution in [0.2, 0.25) is 5.28 Å². The molecule has 0 amide bonds. The Kier molecular flexibility index (Phi) is 4.26. The molecule has 1 aromatic heterocycles. The van der Waals surface area contributed by atoms with Gasteiger partial charge in [-0.3, -0.25) is 4.21 Å². The Morgan fingerprint density at radius 3 is 3.19 bits per heavy atom. The fourth-order valence-electron chi connectivity index (χ4n) is 1.81. The van der Waals surface area contributed by atoms with Gasteiger partial charge in [0.15, 0.2) is 0 Å². The molecule has 4 nitrogen and oxygen atoms in total. The van der Waals surface area contributed by atoms with Gasteiger partial charge in [-0.25, -0.2) is 9.97 Å². The Morgan fingerprint density at radius 2 is 2.50 bits per heavy atom. The standard InChI is InChI=1S/C10H14ClN3OS/c11-10-13-5-3-9(14-10)16(15)7-8-2-1-4-12-6-8/h3,5,8,12H,1-2,4,6-7H2/t8-,16-/m0/s1. The molecular formula is C10H14ClN3OS. The lowest BCUT2D eigenvalue weighted by atomic mass is 10.0. The Balaban J connectivity index is 1.97. The molecule has 0 unspecified atom stereocenters. The van der Waals surface area contributed by atoms with Crippen LogP contribution in [0, 0.1) is 5.92 Å². The lowest BCUT2D eigenvalue weighted by Crippen LogP contribution is -2.32. The summed E-state index contributed by atoms with van der Waals surface area (Å²) in [5, 5.41) is 4.00. The number of rotatable bonds is 3. The van der Waals surface area contributed by atoms with E-state index in [9.17, 15) is 4.21 Å². The molecule has 0 aromatic carbocycles. The average Bonchev–Trinajstić information content (AvgIpc) is 2.30. The van der Waals surface area contributed by atoms with Crippen molar-refractivity contribution in [2.24, 2.45) is 5.92 Å². The van der Waals surface area contributed by atoms with Crippen molar-refractivity contribution in [1.29, 1.82) is 0 Å². The minimum atomic E-state index is -1.07. The number of hydrogen-bond acceptors (Lipinski definition) is 4. The maximum atomic E-state index is 12.0. The number of aromatic nitrogens is 2. The molecule has 1 N–H and O–H groups in total. The summed E-state index contributed by atoms with van der Waals surface area (Å²) in [4.78, 5) is 7.75. The largest absolute Gasteiger partial charge is 0.316 e. The topological polar surface area (TPSA) is 54.9 Å². The zero-order chi connectivity index (χ0) is 11.4. The van der Waals surface area contributed by atoms with E-state index in [0.29, 0.717) is 16.7 Å². The predicted octanol–water partition coefficient (Wildman–Crippen LogP) is 1.24. The molecule has 16 heavy (non-hydrogen) atoms. The van der Waals surface area contributed by atoms with Gasteiger partial charge in [0.2, 0.25) is 5.28 Å². The molecule has 1 saturated heterocycles. The van der Waals surface area contributed by atoms with Crippen LogP contribution in [0.15, 0.2) is 17.3 Å². The Labute approximate surface area is 102 Å². The fraction of sp³-hybridized carbons (Fsp3) is 0.600. The summed E-state index contributed by atoms with van der Waals surface area (Å²) in [7, 11) is -1.07.